The molecule has 1 heterocycles. The highest BCUT2D eigenvalue weighted by atomic mass is 79.9. The second kappa shape index (κ2) is 5.37. The van der Waals surface area contributed by atoms with Crippen molar-refractivity contribution in [2.24, 2.45) is 7.05 Å². The summed E-state index contributed by atoms with van der Waals surface area (Å²) in [7, 11) is 1.87. The fraction of sp³-hybridized carbons (Fsp3) is 0.118. The van der Waals surface area contributed by atoms with Crippen LogP contribution in [-0.4, -0.2) is 9.78 Å². The molecule has 0 aliphatic heterocycles. The van der Waals surface area contributed by atoms with Crippen LogP contribution < -0.4 is 5.73 Å². The Hall–Kier alpha value is -2.07. The van der Waals surface area contributed by atoms with Crippen LogP contribution in [0.15, 0.2) is 53.0 Å². The number of rotatable bonds is 2. The predicted octanol–water partition coefficient (Wildman–Crippen LogP) is 4.41. The summed E-state index contributed by atoms with van der Waals surface area (Å²) in [6.45, 7) is 2.07. The van der Waals surface area contributed by atoms with Gasteiger partial charge in [-0.15, -0.1) is 0 Å². The first-order valence-electron chi connectivity index (χ1n) is 6.72. The van der Waals surface area contributed by atoms with E-state index in [1.807, 2.05) is 25.2 Å². The van der Waals surface area contributed by atoms with E-state index in [9.17, 15) is 0 Å². The molecule has 2 N–H and O–H groups in total. The molecule has 106 valence electrons. The molecule has 3 rings (SSSR count). The lowest BCUT2D eigenvalue weighted by atomic mass is 10.0. The molecule has 0 aliphatic carbocycles. The first-order chi connectivity index (χ1) is 10.1. The van der Waals surface area contributed by atoms with Crippen molar-refractivity contribution in [2.75, 3.05) is 5.73 Å². The Morgan fingerprint density at radius 1 is 1.05 bits per heavy atom. The summed E-state index contributed by atoms with van der Waals surface area (Å²) >= 11 is 3.58. The van der Waals surface area contributed by atoms with Gasteiger partial charge in [0.05, 0.1) is 5.56 Å². The normalized spacial score (nSPS) is 10.8. The summed E-state index contributed by atoms with van der Waals surface area (Å²) in [6.07, 6.45) is 0. The van der Waals surface area contributed by atoms with Crippen molar-refractivity contribution >= 4 is 21.7 Å². The summed E-state index contributed by atoms with van der Waals surface area (Å²) in [4.78, 5) is 0. The van der Waals surface area contributed by atoms with E-state index in [1.54, 1.807) is 4.68 Å². The minimum absolute atomic E-state index is 0.674. The lowest BCUT2D eigenvalue weighted by molar-refractivity contribution is 0.782. The van der Waals surface area contributed by atoms with Gasteiger partial charge in [0.2, 0.25) is 0 Å². The molecule has 0 spiro atoms. The fourth-order valence-electron chi connectivity index (χ4n) is 2.37. The zero-order chi connectivity index (χ0) is 15.0. The number of benzene rings is 2. The van der Waals surface area contributed by atoms with Crippen LogP contribution in [-0.2, 0) is 7.05 Å². The molecule has 0 bridgehead atoms. The molecule has 0 saturated carbocycles. The third-order valence-corrected chi connectivity index (χ3v) is 4.45. The smallest absolute Gasteiger partial charge is 0.129 e. The number of nitrogens with two attached hydrogens (primary N) is 1. The van der Waals surface area contributed by atoms with Crippen LogP contribution in [0.3, 0.4) is 0 Å². The minimum atomic E-state index is 0.674. The predicted molar refractivity (Wildman–Crippen MR) is 90.9 cm³/mol. The van der Waals surface area contributed by atoms with Crippen LogP contribution in [0.5, 0.6) is 0 Å². The molecule has 0 radical (unpaired) electrons. The van der Waals surface area contributed by atoms with Crippen LogP contribution >= 0.6 is 15.9 Å². The van der Waals surface area contributed by atoms with Gasteiger partial charge in [0.25, 0.3) is 0 Å². The topological polar surface area (TPSA) is 43.8 Å². The van der Waals surface area contributed by atoms with E-state index in [0.717, 1.165) is 26.9 Å². The average molecular weight is 342 g/mol. The molecule has 0 unspecified atom stereocenters. The van der Waals surface area contributed by atoms with Crippen LogP contribution in [0.1, 0.15) is 5.56 Å². The molecule has 21 heavy (non-hydrogen) atoms. The van der Waals surface area contributed by atoms with Gasteiger partial charge in [-0.2, -0.15) is 5.10 Å². The maximum atomic E-state index is 6.23. The highest BCUT2D eigenvalue weighted by molar-refractivity contribution is 9.10. The monoisotopic (exact) mass is 341 g/mol. The summed E-state index contributed by atoms with van der Waals surface area (Å²) in [5, 5.41) is 4.60. The van der Waals surface area contributed by atoms with Gasteiger partial charge < -0.3 is 5.73 Å². The van der Waals surface area contributed by atoms with Gasteiger partial charge in [0.1, 0.15) is 11.5 Å². The van der Waals surface area contributed by atoms with Crippen molar-refractivity contribution in [3.8, 4) is 22.4 Å². The van der Waals surface area contributed by atoms with E-state index in [0.29, 0.717) is 5.82 Å². The molecule has 0 atom stereocenters. The van der Waals surface area contributed by atoms with Crippen LogP contribution in [0, 0.1) is 6.92 Å². The van der Waals surface area contributed by atoms with Crippen molar-refractivity contribution in [3.05, 3.63) is 58.6 Å². The number of aromatic nitrogens is 2. The maximum Gasteiger partial charge on any atom is 0.129 e. The van der Waals surface area contributed by atoms with Gasteiger partial charge >= 0.3 is 0 Å². The van der Waals surface area contributed by atoms with Crippen molar-refractivity contribution in [2.45, 2.75) is 6.92 Å². The average Bonchev–Trinajstić information content (AvgIpc) is 2.79. The van der Waals surface area contributed by atoms with Crippen LogP contribution in [0.25, 0.3) is 22.4 Å². The molecule has 4 heteroatoms. The van der Waals surface area contributed by atoms with E-state index in [-0.39, 0.29) is 0 Å². The van der Waals surface area contributed by atoms with E-state index < -0.39 is 0 Å². The Bertz CT molecular complexity index is 791. The highest BCUT2D eigenvalue weighted by Crippen LogP contribution is 2.36. The second-order valence-electron chi connectivity index (χ2n) is 5.06. The van der Waals surface area contributed by atoms with E-state index in [1.165, 1.54) is 5.56 Å². The highest BCUT2D eigenvalue weighted by Gasteiger charge is 2.17. The molecule has 2 aromatic carbocycles. The standard InChI is InChI=1S/C17H16BrN3/c1-11-8-9-13(10-14(11)18)16-15(17(19)21(2)20-16)12-6-4-3-5-7-12/h3-10H,19H2,1-2H3. The van der Waals surface area contributed by atoms with Gasteiger partial charge in [-0.3, -0.25) is 4.68 Å². The molecular formula is C17H16BrN3. The van der Waals surface area contributed by atoms with Gasteiger partial charge in [0.15, 0.2) is 0 Å². The van der Waals surface area contributed by atoms with Crippen molar-refractivity contribution < 1.29 is 0 Å². The molecule has 0 amide bonds. The Labute approximate surface area is 132 Å². The molecule has 3 nitrogen and oxygen atoms in total. The molecule has 1 aromatic heterocycles. The lowest BCUT2D eigenvalue weighted by Crippen LogP contribution is -1.97. The number of hydrogen-bond acceptors (Lipinski definition) is 2. The maximum absolute atomic E-state index is 6.23. The van der Waals surface area contributed by atoms with Crippen LogP contribution in [0.4, 0.5) is 5.82 Å². The van der Waals surface area contributed by atoms with Crippen molar-refractivity contribution in [3.63, 3.8) is 0 Å². The molecule has 0 saturated heterocycles. The third-order valence-electron chi connectivity index (χ3n) is 3.60. The summed E-state index contributed by atoms with van der Waals surface area (Å²) < 4.78 is 2.80. The van der Waals surface area contributed by atoms with E-state index >= 15 is 0 Å². The van der Waals surface area contributed by atoms with Gasteiger partial charge in [0, 0.05) is 17.1 Å². The van der Waals surface area contributed by atoms with Gasteiger partial charge in [-0.1, -0.05) is 58.4 Å². The summed E-state index contributed by atoms with van der Waals surface area (Å²) in [5.74, 6) is 0.674. The number of halogens is 1. The zero-order valence-electron chi connectivity index (χ0n) is 12.0. The number of nitrogens with zero attached hydrogens (tertiary/aromatic N) is 2. The van der Waals surface area contributed by atoms with Crippen molar-refractivity contribution in [1.29, 1.82) is 0 Å². The number of aryl methyl sites for hydroxylation is 2. The first kappa shape index (κ1) is 13.9. The van der Waals surface area contributed by atoms with Gasteiger partial charge in [-0.25, -0.2) is 0 Å². The zero-order valence-corrected chi connectivity index (χ0v) is 13.6. The SMILES string of the molecule is Cc1ccc(-c2nn(C)c(N)c2-c2ccccc2)cc1Br. The van der Waals surface area contributed by atoms with E-state index in [4.69, 9.17) is 5.73 Å². The Morgan fingerprint density at radius 3 is 2.43 bits per heavy atom. The fourth-order valence-corrected chi connectivity index (χ4v) is 2.75. The second-order valence-corrected chi connectivity index (χ2v) is 5.92. The van der Waals surface area contributed by atoms with Gasteiger partial charge in [-0.05, 0) is 24.1 Å². The number of anilines is 1. The van der Waals surface area contributed by atoms with Crippen LogP contribution in [0.2, 0.25) is 0 Å². The first-order valence-corrected chi connectivity index (χ1v) is 7.51. The Morgan fingerprint density at radius 2 is 1.76 bits per heavy atom. The van der Waals surface area contributed by atoms with E-state index in [2.05, 4.69) is 58.3 Å². The molecule has 0 fully saturated rings. The Kier molecular flexibility index (Phi) is 3.55. The number of nitrogen functional groups attached to an aromatic ring is 1. The summed E-state index contributed by atoms with van der Waals surface area (Å²) in [6, 6.07) is 16.4. The minimum Gasteiger partial charge on any atom is -0.383 e. The molecular weight excluding hydrogens is 326 g/mol. The summed E-state index contributed by atoms with van der Waals surface area (Å²) in [5.41, 5.74) is 11.4. The molecule has 3 aromatic rings. The number of hydrogen-bond donors (Lipinski definition) is 1. The third kappa shape index (κ3) is 2.47. The Balaban J connectivity index is 2.24. The largest absolute Gasteiger partial charge is 0.383 e. The quantitative estimate of drug-likeness (QED) is 0.750. The lowest BCUT2D eigenvalue weighted by Gasteiger charge is -2.06. The van der Waals surface area contributed by atoms with Crippen molar-refractivity contribution in [1.82, 2.24) is 9.78 Å². The molecule has 0 aliphatic rings.